The molecule has 0 N–H and O–H groups in total. The smallest absolute Gasteiger partial charge is 0.00456 e. The fourth-order valence-corrected chi connectivity index (χ4v) is 2.09. The van der Waals surface area contributed by atoms with E-state index >= 15 is 0 Å². The molecular formula is C11H14. The van der Waals surface area contributed by atoms with Crippen molar-refractivity contribution in [2.45, 2.75) is 20.3 Å². The summed E-state index contributed by atoms with van der Waals surface area (Å²) < 4.78 is 0. The molecule has 2 rings (SSSR count). The third-order valence-electron chi connectivity index (χ3n) is 2.89. The Labute approximate surface area is 68.3 Å². The van der Waals surface area contributed by atoms with Crippen LogP contribution in [0.1, 0.15) is 20.3 Å². The van der Waals surface area contributed by atoms with Gasteiger partial charge in [0.1, 0.15) is 0 Å². The second kappa shape index (κ2) is 2.37. The minimum Gasteiger partial charge on any atom is -0.0873 e. The van der Waals surface area contributed by atoms with Gasteiger partial charge >= 0.3 is 0 Å². The Balaban J connectivity index is 2.35. The monoisotopic (exact) mass is 146 g/mol. The predicted molar refractivity (Wildman–Crippen MR) is 48.3 cm³/mol. The molecule has 0 aromatic heterocycles. The maximum atomic E-state index is 2.35. The zero-order chi connectivity index (χ0) is 7.84. The van der Waals surface area contributed by atoms with Crippen molar-refractivity contribution in [1.29, 1.82) is 0 Å². The lowest BCUT2D eigenvalue weighted by atomic mass is 9.81. The van der Waals surface area contributed by atoms with Crippen molar-refractivity contribution in [3.05, 3.63) is 35.5 Å². The first-order valence-corrected chi connectivity index (χ1v) is 4.30. The van der Waals surface area contributed by atoms with Gasteiger partial charge in [-0.05, 0) is 26.2 Å². The fourth-order valence-electron chi connectivity index (χ4n) is 2.09. The van der Waals surface area contributed by atoms with Crippen molar-refractivity contribution < 1.29 is 0 Å². The van der Waals surface area contributed by atoms with Gasteiger partial charge in [0.2, 0.25) is 0 Å². The Morgan fingerprint density at radius 2 is 1.91 bits per heavy atom. The molecule has 0 heteroatoms. The van der Waals surface area contributed by atoms with Gasteiger partial charge in [-0.3, -0.25) is 0 Å². The zero-order valence-corrected chi connectivity index (χ0v) is 7.17. The third-order valence-corrected chi connectivity index (χ3v) is 2.89. The Kier molecular flexibility index (Phi) is 1.49. The highest BCUT2D eigenvalue weighted by Gasteiger charge is 2.26. The van der Waals surface area contributed by atoms with Crippen molar-refractivity contribution in [2.75, 3.05) is 0 Å². The molecule has 0 radical (unpaired) electrons. The average Bonchev–Trinajstić information content (AvgIpc) is 2.45. The Bertz CT molecular complexity index is 253. The normalized spacial score (nSPS) is 34.7. The van der Waals surface area contributed by atoms with Gasteiger partial charge in [-0.1, -0.05) is 35.5 Å². The van der Waals surface area contributed by atoms with Crippen molar-refractivity contribution in [2.24, 2.45) is 11.8 Å². The van der Waals surface area contributed by atoms with Crippen LogP contribution >= 0.6 is 0 Å². The zero-order valence-electron chi connectivity index (χ0n) is 7.17. The molecule has 2 atom stereocenters. The summed E-state index contributed by atoms with van der Waals surface area (Å²) in [5.41, 5.74) is 3.07. The molecule has 0 heterocycles. The summed E-state index contributed by atoms with van der Waals surface area (Å²) in [5.74, 6) is 1.51. The van der Waals surface area contributed by atoms with Gasteiger partial charge < -0.3 is 0 Å². The first kappa shape index (κ1) is 6.90. The minimum absolute atomic E-state index is 0.722. The SMILES string of the molecule is CC1=CC=C(C)C2CC=CC12. The standard InChI is InChI=1S/C11H14/c1-8-6-7-9(2)11-5-3-4-10(8)11/h3-4,6-7,10-11H,5H2,1-2H3. The molecule has 0 saturated carbocycles. The molecule has 0 aliphatic heterocycles. The van der Waals surface area contributed by atoms with Crippen LogP contribution in [0, 0.1) is 11.8 Å². The van der Waals surface area contributed by atoms with Crippen molar-refractivity contribution in [3.63, 3.8) is 0 Å². The molecule has 0 saturated heterocycles. The van der Waals surface area contributed by atoms with Gasteiger partial charge in [0.05, 0.1) is 0 Å². The van der Waals surface area contributed by atoms with E-state index in [0.29, 0.717) is 0 Å². The van der Waals surface area contributed by atoms with Crippen LogP contribution in [0.3, 0.4) is 0 Å². The molecule has 0 spiro atoms. The summed E-state index contributed by atoms with van der Waals surface area (Å²) in [6, 6.07) is 0. The van der Waals surface area contributed by atoms with Crippen LogP contribution in [0.15, 0.2) is 35.5 Å². The summed E-state index contributed by atoms with van der Waals surface area (Å²) in [5, 5.41) is 0. The van der Waals surface area contributed by atoms with E-state index in [2.05, 4.69) is 38.2 Å². The first-order chi connectivity index (χ1) is 5.29. The topological polar surface area (TPSA) is 0 Å². The number of fused-ring (bicyclic) bond motifs is 1. The van der Waals surface area contributed by atoms with Gasteiger partial charge in [-0.25, -0.2) is 0 Å². The van der Waals surface area contributed by atoms with E-state index in [4.69, 9.17) is 0 Å². The first-order valence-electron chi connectivity index (χ1n) is 4.30. The molecule has 2 unspecified atom stereocenters. The summed E-state index contributed by atoms with van der Waals surface area (Å²) in [6.45, 7) is 4.48. The van der Waals surface area contributed by atoms with E-state index in [-0.39, 0.29) is 0 Å². The van der Waals surface area contributed by atoms with Gasteiger partial charge in [-0.15, -0.1) is 0 Å². The van der Waals surface area contributed by atoms with E-state index in [1.807, 2.05) is 0 Å². The van der Waals surface area contributed by atoms with Crippen LogP contribution in [-0.4, -0.2) is 0 Å². The molecule has 0 aromatic carbocycles. The van der Waals surface area contributed by atoms with Crippen LogP contribution in [0.25, 0.3) is 0 Å². The van der Waals surface area contributed by atoms with Crippen molar-refractivity contribution in [1.82, 2.24) is 0 Å². The van der Waals surface area contributed by atoms with Crippen molar-refractivity contribution >= 4 is 0 Å². The molecule has 0 fully saturated rings. The predicted octanol–water partition coefficient (Wildman–Crippen LogP) is 3.08. The van der Waals surface area contributed by atoms with Crippen LogP contribution < -0.4 is 0 Å². The maximum Gasteiger partial charge on any atom is 0.00456 e. The molecule has 2 aliphatic rings. The highest BCUT2D eigenvalue weighted by atomic mass is 14.3. The fraction of sp³-hybridized carbons (Fsp3) is 0.455. The van der Waals surface area contributed by atoms with E-state index in [1.165, 1.54) is 12.0 Å². The Morgan fingerprint density at radius 3 is 2.64 bits per heavy atom. The summed E-state index contributed by atoms with van der Waals surface area (Å²) in [7, 11) is 0. The van der Waals surface area contributed by atoms with Gasteiger partial charge in [-0.2, -0.15) is 0 Å². The Hall–Kier alpha value is -0.780. The summed E-state index contributed by atoms with van der Waals surface area (Å²) in [6.07, 6.45) is 10.4. The second-order valence-electron chi connectivity index (χ2n) is 3.62. The van der Waals surface area contributed by atoms with Crippen LogP contribution in [0.5, 0.6) is 0 Å². The van der Waals surface area contributed by atoms with E-state index in [0.717, 1.165) is 11.8 Å². The molecule has 0 nitrogen and oxygen atoms in total. The van der Waals surface area contributed by atoms with Gasteiger partial charge in [0, 0.05) is 5.92 Å². The highest BCUT2D eigenvalue weighted by molar-refractivity contribution is 5.33. The van der Waals surface area contributed by atoms with Crippen LogP contribution in [0.4, 0.5) is 0 Å². The molecule has 0 aromatic rings. The van der Waals surface area contributed by atoms with E-state index in [1.54, 1.807) is 5.57 Å². The number of allylic oxidation sites excluding steroid dienone is 6. The summed E-state index contributed by atoms with van der Waals surface area (Å²) in [4.78, 5) is 0. The maximum absolute atomic E-state index is 2.35. The third kappa shape index (κ3) is 0.973. The molecule has 2 aliphatic carbocycles. The van der Waals surface area contributed by atoms with Gasteiger partial charge in [0.15, 0.2) is 0 Å². The van der Waals surface area contributed by atoms with Gasteiger partial charge in [0.25, 0.3) is 0 Å². The largest absolute Gasteiger partial charge is 0.0873 e. The lowest BCUT2D eigenvalue weighted by Gasteiger charge is -2.24. The second-order valence-corrected chi connectivity index (χ2v) is 3.62. The lowest BCUT2D eigenvalue weighted by Crippen LogP contribution is -2.13. The van der Waals surface area contributed by atoms with E-state index < -0.39 is 0 Å². The Morgan fingerprint density at radius 1 is 1.18 bits per heavy atom. The molecule has 11 heavy (non-hydrogen) atoms. The van der Waals surface area contributed by atoms with Crippen LogP contribution in [-0.2, 0) is 0 Å². The summed E-state index contributed by atoms with van der Waals surface area (Å²) >= 11 is 0. The number of rotatable bonds is 0. The van der Waals surface area contributed by atoms with Crippen molar-refractivity contribution in [3.8, 4) is 0 Å². The van der Waals surface area contributed by atoms with E-state index in [9.17, 15) is 0 Å². The molecule has 0 bridgehead atoms. The average molecular weight is 146 g/mol. The minimum atomic E-state index is 0.722. The lowest BCUT2D eigenvalue weighted by molar-refractivity contribution is 0.536. The molecular weight excluding hydrogens is 132 g/mol. The highest BCUT2D eigenvalue weighted by Crippen LogP contribution is 2.38. The number of hydrogen-bond acceptors (Lipinski definition) is 0. The quantitative estimate of drug-likeness (QED) is 0.461. The van der Waals surface area contributed by atoms with Crippen LogP contribution in [0.2, 0.25) is 0 Å². The number of hydrogen-bond donors (Lipinski definition) is 0. The molecule has 58 valence electrons. The molecule has 0 amide bonds.